The zero-order valence-corrected chi connectivity index (χ0v) is 12.4. The average molecular weight is 298 g/mol. The fourth-order valence-electron chi connectivity index (χ4n) is 1.90. The van der Waals surface area contributed by atoms with E-state index in [2.05, 4.69) is 4.98 Å². The van der Waals surface area contributed by atoms with Gasteiger partial charge in [0.15, 0.2) is 0 Å². The van der Waals surface area contributed by atoms with Crippen LogP contribution in [0.3, 0.4) is 0 Å². The lowest BCUT2D eigenvalue weighted by Crippen LogP contribution is -2.08. The number of Topliss-reactive ketones (excluding diaryl/α,β-unsaturated/α-hetero) is 1. The zero-order valence-electron chi connectivity index (χ0n) is 12.4. The van der Waals surface area contributed by atoms with Crippen LogP contribution < -0.4 is 0 Å². The molecule has 0 spiro atoms. The number of hydrogen-bond donors (Lipinski definition) is 0. The predicted molar refractivity (Wildman–Crippen MR) is 83.1 cm³/mol. The summed E-state index contributed by atoms with van der Waals surface area (Å²) < 4.78 is 6.91. The molecule has 0 unspecified atom stereocenters. The van der Waals surface area contributed by atoms with Crippen LogP contribution in [0.1, 0.15) is 24.5 Å². The molecule has 0 bridgehead atoms. The molecule has 22 heavy (non-hydrogen) atoms. The van der Waals surface area contributed by atoms with E-state index < -0.39 is 5.97 Å². The van der Waals surface area contributed by atoms with E-state index in [4.69, 9.17) is 4.74 Å². The zero-order chi connectivity index (χ0) is 15.8. The Bertz CT molecular complexity index is 643. The van der Waals surface area contributed by atoms with Crippen molar-refractivity contribution in [2.24, 2.45) is 0 Å². The number of carbonyl (C=O) groups excluding carboxylic acids is 2. The molecule has 5 heteroatoms. The molecule has 1 aromatic carbocycles. The van der Waals surface area contributed by atoms with Gasteiger partial charge in [0.2, 0.25) is 0 Å². The third-order valence-electron chi connectivity index (χ3n) is 2.95. The molecule has 0 aliphatic carbocycles. The van der Waals surface area contributed by atoms with Crippen molar-refractivity contribution in [1.82, 2.24) is 9.55 Å². The molecular formula is C17H18N2O3. The lowest BCUT2D eigenvalue weighted by Gasteiger charge is -2.03. The summed E-state index contributed by atoms with van der Waals surface area (Å²) in [5, 5.41) is 0. The highest BCUT2D eigenvalue weighted by Crippen LogP contribution is 2.08. The van der Waals surface area contributed by atoms with Gasteiger partial charge in [-0.1, -0.05) is 30.3 Å². The average Bonchev–Trinajstić information content (AvgIpc) is 2.97. The number of ketones is 1. The Kier molecular flexibility index (Phi) is 5.65. The van der Waals surface area contributed by atoms with Gasteiger partial charge in [-0.25, -0.2) is 4.98 Å². The maximum Gasteiger partial charge on any atom is 0.313 e. The second-order valence-corrected chi connectivity index (χ2v) is 4.94. The Balaban J connectivity index is 1.79. The van der Waals surface area contributed by atoms with Crippen LogP contribution in [0.25, 0.3) is 6.08 Å². The minimum absolute atomic E-state index is 0.170. The van der Waals surface area contributed by atoms with E-state index in [-0.39, 0.29) is 18.8 Å². The summed E-state index contributed by atoms with van der Waals surface area (Å²) in [4.78, 5) is 25.9. The third kappa shape index (κ3) is 5.36. The first kappa shape index (κ1) is 15.7. The number of esters is 1. The monoisotopic (exact) mass is 298 g/mol. The summed E-state index contributed by atoms with van der Waals surface area (Å²) in [6.45, 7) is 2.32. The molecule has 0 N–H and O–H groups in total. The van der Waals surface area contributed by atoms with Crippen LogP contribution >= 0.6 is 0 Å². The van der Waals surface area contributed by atoms with Crippen molar-refractivity contribution in [3.63, 3.8) is 0 Å². The molecule has 114 valence electrons. The first-order valence-corrected chi connectivity index (χ1v) is 7.00. The summed E-state index contributed by atoms with van der Waals surface area (Å²) >= 11 is 0. The van der Waals surface area contributed by atoms with Gasteiger partial charge in [0.25, 0.3) is 0 Å². The van der Waals surface area contributed by atoms with Crippen LogP contribution in [0.2, 0.25) is 0 Å². The van der Waals surface area contributed by atoms with E-state index in [0.29, 0.717) is 0 Å². The number of benzene rings is 1. The van der Waals surface area contributed by atoms with Crippen LogP contribution in [-0.2, 0) is 20.9 Å². The molecule has 1 heterocycles. The molecule has 0 amide bonds. The van der Waals surface area contributed by atoms with Gasteiger partial charge < -0.3 is 9.30 Å². The minimum atomic E-state index is -0.493. The van der Waals surface area contributed by atoms with E-state index >= 15 is 0 Å². The topological polar surface area (TPSA) is 61.2 Å². The van der Waals surface area contributed by atoms with E-state index in [1.165, 1.54) is 12.5 Å². The van der Waals surface area contributed by atoms with Crippen molar-refractivity contribution in [1.29, 1.82) is 0 Å². The summed E-state index contributed by atoms with van der Waals surface area (Å²) in [6, 6.07) is 8.09. The Morgan fingerprint density at radius 2 is 2.05 bits per heavy atom. The van der Waals surface area contributed by atoms with Gasteiger partial charge >= 0.3 is 5.97 Å². The standard InChI is InChI=1S/C17H18N2O3/c1-14(20)11-17(21)22-10-2-3-15-4-6-16(7-5-15)12-19-9-8-18-13-19/h2-9,13H,10-12H2,1H3. The van der Waals surface area contributed by atoms with E-state index in [1.54, 1.807) is 18.6 Å². The summed E-state index contributed by atoms with van der Waals surface area (Å²) in [6.07, 6.45) is 8.92. The normalized spacial score (nSPS) is 10.8. The number of ether oxygens (including phenoxy) is 1. The van der Waals surface area contributed by atoms with Crippen LogP contribution in [0.4, 0.5) is 0 Å². The highest BCUT2D eigenvalue weighted by molar-refractivity contribution is 5.94. The lowest BCUT2D eigenvalue weighted by molar-refractivity contribution is -0.144. The van der Waals surface area contributed by atoms with Crippen LogP contribution in [-0.4, -0.2) is 27.9 Å². The molecule has 1 aromatic heterocycles. The van der Waals surface area contributed by atoms with Gasteiger partial charge in [-0.2, -0.15) is 0 Å². The highest BCUT2D eigenvalue weighted by Gasteiger charge is 2.04. The molecule has 0 radical (unpaired) electrons. The Labute approximate surface area is 129 Å². The smallest absolute Gasteiger partial charge is 0.313 e. The lowest BCUT2D eigenvalue weighted by atomic mass is 10.1. The maximum absolute atomic E-state index is 11.2. The van der Waals surface area contributed by atoms with Crippen molar-refractivity contribution in [2.75, 3.05) is 6.61 Å². The fraction of sp³-hybridized carbons (Fsp3) is 0.235. The SMILES string of the molecule is CC(=O)CC(=O)OCC=Cc1ccc(Cn2ccnc2)cc1. The Morgan fingerprint density at radius 1 is 1.27 bits per heavy atom. The van der Waals surface area contributed by atoms with E-state index in [1.807, 2.05) is 41.1 Å². The first-order chi connectivity index (χ1) is 10.6. The van der Waals surface area contributed by atoms with E-state index in [9.17, 15) is 9.59 Å². The van der Waals surface area contributed by atoms with E-state index in [0.717, 1.165) is 12.1 Å². The van der Waals surface area contributed by atoms with Gasteiger partial charge in [0.1, 0.15) is 18.8 Å². The number of rotatable bonds is 7. The fourth-order valence-corrected chi connectivity index (χ4v) is 1.90. The number of hydrogen-bond acceptors (Lipinski definition) is 4. The summed E-state index contributed by atoms with van der Waals surface area (Å²) in [7, 11) is 0. The Morgan fingerprint density at radius 3 is 2.68 bits per heavy atom. The molecule has 2 aromatic rings. The van der Waals surface area contributed by atoms with Crippen molar-refractivity contribution in [3.05, 3.63) is 60.2 Å². The summed E-state index contributed by atoms with van der Waals surface area (Å²) in [5.41, 5.74) is 2.21. The van der Waals surface area contributed by atoms with Gasteiger partial charge in [-0.3, -0.25) is 9.59 Å². The second kappa shape index (κ2) is 7.93. The minimum Gasteiger partial charge on any atom is -0.461 e. The first-order valence-electron chi connectivity index (χ1n) is 7.00. The molecule has 0 atom stereocenters. The van der Waals surface area contributed by atoms with Gasteiger partial charge in [0.05, 0.1) is 6.33 Å². The molecular weight excluding hydrogens is 280 g/mol. The summed E-state index contributed by atoms with van der Waals surface area (Å²) in [5.74, 6) is -0.685. The predicted octanol–water partition coefficient (Wildman–Crippen LogP) is 2.47. The molecule has 0 aliphatic rings. The van der Waals surface area contributed by atoms with Crippen molar-refractivity contribution < 1.29 is 14.3 Å². The van der Waals surface area contributed by atoms with Crippen molar-refractivity contribution in [3.8, 4) is 0 Å². The van der Waals surface area contributed by atoms with Gasteiger partial charge in [-0.15, -0.1) is 0 Å². The number of carbonyl (C=O) groups is 2. The van der Waals surface area contributed by atoms with Crippen molar-refractivity contribution >= 4 is 17.8 Å². The number of imidazole rings is 1. The molecule has 0 saturated heterocycles. The third-order valence-corrected chi connectivity index (χ3v) is 2.95. The van der Waals surface area contributed by atoms with Crippen LogP contribution in [0.5, 0.6) is 0 Å². The van der Waals surface area contributed by atoms with Crippen molar-refractivity contribution in [2.45, 2.75) is 19.9 Å². The van der Waals surface area contributed by atoms with Gasteiger partial charge in [-0.05, 0) is 24.1 Å². The van der Waals surface area contributed by atoms with Crippen LogP contribution in [0.15, 0.2) is 49.1 Å². The number of nitrogens with zero attached hydrogens (tertiary/aromatic N) is 2. The number of aromatic nitrogens is 2. The molecule has 5 nitrogen and oxygen atoms in total. The highest BCUT2D eigenvalue weighted by atomic mass is 16.5. The second-order valence-electron chi connectivity index (χ2n) is 4.94. The van der Waals surface area contributed by atoms with Crippen LogP contribution in [0, 0.1) is 0 Å². The van der Waals surface area contributed by atoms with Gasteiger partial charge in [0, 0.05) is 18.9 Å². The molecule has 0 fully saturated rings. The largest absolute Gasteiger partial charge is 0.461 e. The molecule has 2 rings (SSSR count). The quantitative estimate of drug-likeness (QED) is 0.582. The Hall–Kier alpha value is -2.69. The maximum atomic E-state index is 11.2. The molecule has 0 saturated carbocycles. The molecule has 0 aliphatic heterocycles.